The number of carboxylic acid groups (broad SMARTS) is 1. The zero-order chi connectivity index (χ0) is 14.5. The van der Waals surface area contributed by atoms with Crippen molar-refractivity contribution in [2.45, 2.75) is 32.2 Å². The van der Waals surface area contributed by atoms with Crippen molar-refractivity contribution in [2.24, 2.45) is 5.92 Å². The zero-order valence-corrected chi connectivity index (χ0v) is 12.2. The maximum atomic E-state index is 12.2. The number of carbonyl (C=O) groups is 2. The van der Waals surface area contributed by atoms with E-state index in [0.717, 1.165) is 25.9 Å². The van der Waals surface area contributed by atoms with Crippen LogP contribution in [0.25, 0.3) is 0 Å². The van der Waals surface area contributed by atoms with Crippen LogP contribution < -0.4 is 5.32 Å². The second-order valence-electron chi connectivity index (χ2n) is 5.85. The van der Waals surface area contributed by atoms with Crippen molar-refractivity contribution in [2.75, 3.05) is 39.3 Å². The summed E-state index contributed by atoms with van der Waals surface area (Å²) in [5.74, 6) is -0.105. The number of rotatable bonds is 4. The highest BCUT2D eigenvalue weighted by Gasteiger charge is 2.28. The van der Waals surface area contributed by atoms with Gasteiger partial charge in [-0.15, -0.1) is 0 Å². The van der Waals surface area contributed by atoms with Gasteiger partial charge in [0.2, 0.25) is 5.91 Å². The Balaban J connectivity index is 1.75. The molecule has 0 aromatic rings. The maximum absolute atomic E-state index is 12.2. The lowest BCUT2D eigenvalue weighted by molar-refractivity contribution is -0.144. The lowest BCUT2D eigenvalue weighted by atomic mass is 9.95. The summed E-state index contributed by atoms with van der Waals surface area (Å²) in [7, 11) is 0. The number of nitrogens with one attached hydrogen (secondary N) is 1. The van der Waals surface area contributed by atoms with E-state index in [4.69, 9.17) is 5.11 Å². The number of carboxylic acids is 1. The number of hydrogen-bond acceptors (Lipinski definition) is 4. The molecule has 2 unspecified atom stereocenters. The lowest BCUT2D eigenvalue weighted by Crippen LogP contribution is -2.53. The van der Waals surface area contributed by atoms with Crippen LogP contribution in [0.2, 0.25) is 0 Å². The smallest absolute Gasteiger partial charge is 0.320 e. The van der Waals surface area contributed by atoms with Gasteiger partial charge in [0.05, 0.1) is 0 Å². The third-order valence-corrected chi connectivity index (χ3v) is 4.43. The van der Waals surface area contributed by atoms with E-state index < -0.39 is 12.0 Å². The summed E-state index contributed by atoms with van der Waals surface area (Å²) in [6, 6.07) is -0.463. The Morgan fingerprint density at radius 2 is 2.00 bits per heavy atom. The minimum atomic E-state index is -0.793. The van der Waals surface area contributed by atoms with Gasteiger partial charge in [0.15, 0.2) is 0 Å². The van der Waals surface area contributed by atoms with Crippen molar-refractivity contribution in [3.63, 3.8) is 0 Å². The van der Waals surface area contributed by atoms with Gasteiger partial charge < -0.3 is 15.3 Å². The van der Waals surface area contributed by atoms with Gasteiger partial charge in [-0.3, -0.25) is 14.5 Å². The van der Waals surface area contributed by atoms with Gasteiger partial charge in [-0.2, -0.15) is 0 Å². The molecule has 0 spiro atoms. The van der Waals surface area contributed by atoms with Gasteiger partial charge in [0, 0.05) is 32.6 Å². The van der Waals surface area contributed by atoms with E-state index in [9.17, 15) is 9.59 Å². The van der Waals surface area contributed by atoms with Crippen LogP contribution in [0, 0.1) is 5.92 Å². The quantitative estimate of drug-likeness (QED) is 0.759. The monoisotopic (exact) mass is 283 g/mol. The molecule has 2 aliphatic rings. The van der Waals surface area contributed by atoms with E-state index in [-0.39, 0.29) is 5.91 Å². The summed E-state index contributed by atoms with van der Waals surface area (Å²) < 4.78 is 0. The Bertz CT molecular complexity index is 348. The Morgan fingerprint density at radius 3 is 2.55 bits per heavy atom. The molecule has 20 heavy (non-hydrogen) atoms. The molecule has 114 valence electrons. The number of aliphatic carboxylic acids is 1. The van der Waals surface area contributed by atoms with Crippen LogP contribution >= 0.6 is 0 Å². The molecule has 0 radical (unpaired) electrons. The number of piperazine rings is 1. The molecule has 1 amide bonds. The Hall–Kier alpha value is -1.14. The summed E-state index contributed by atoms with van der Waals surface area (Å²) in [5, 5.41) is 12.3. The molecule has 0 bridgehead atoms. The first-order valence-corrected chi connectivity index (χ1v) is 7.53. The lowest BCUT2D eigenvalue weighted by Gasteiger charge is -2.37. The normalized spacial score (nSPS) is 26.2. The fraction of sp³-hybridized carbons (Fsp3) is 0.857. The third-order valence-electron chi connectivity index (χ3n) is 4.43. The molecule has 0 saturated carbocycles. The highest BCUT2D eigenvalue weighted by Crippen LogP contribution is 2.16. The van der Waals surface area contributed by atoms with Crippen molar-refractivity contribution >= 4 is 11.9 Å². The minimum absolute atomic E-state index is 0.223. The molecule has 0 aromatic heterocycles. The second-order valence-corrected chi connectivity index (χ2v) is 5.85. The summed E-state index contributed by atoms with van der Waals surface area (Å²) in [6.07, 6.45) is 2.91. The molecule has 2 rings (SSSR count). The summed E-state index contributed by atoms with van der Waals surface area (Å²) >= 11 is 0. The molecular formula is C14H25N3O3. The molecule has 2 fully saturated rings. The first kappa shape index (κ1) is 15.3. The van der Waals surface area contributed by atoms with Crippen molar-refractivity contribution in [3.8, 4) is 0 Å². The van der Waals surface area contributed by atoms with E-state index in [2.05, 4.69) is 5.32 Å². The van der Waals surface area contributed by atoms with Gasteiger partial charge in [-0.05, 0) is 38.8 Å². The van der Waals surface area contributed by atoms with Crippen LogP contribution in [0.4, 0.5) is 0 Å². The molecule has 2 aliphatic heterocycles. The number of carbonyl (C=O) groups excluding carboxylic acids is 1. The number of nitrogens with zero attached hydrogens (tertiary/aromatic N) is 2. The molecule has 6 nitrogen and oxygen atoms in total. The van der Waals surface area contributed by atoms with Crippen LogP contribution in [0.1, 0.15) is 26.2 Å². The topological polar surface area (TPSA) is 72.9 Å². The van der Waals surface area contributed by atoms with Crippen LogP contribution in [-0.4, -0.2) is 72.1 Å². The van der Waals surface area contributed by atoms with Gasteiger partial charge >= 0.3 is 5.97 Å². The molecule has 2 saturated heterocycles. The summed E-state index contributed by atoms with van der Waals surface area (Å²) in [4.78, 5) is 27.0. The Kier molecular flexibility index (Phi) is 5.37. The molecule has 0 aromatic carbocycles. The maximum Gasteiger partial charge on any atom is 0.320 e. The van der Waals surface area contributed by atoms with Crippen molar-refractivity contribution < 1.29 is 14.7 Å². The SMILES string of the molecule is CC(C(=O)O)N1CCN(C(=O)CC2CCCNC2)CC1. The number of hydrogen-bond donors (Lipinski definition) is 2. The highest BCUT2D eigenvalue weighted by molar-refractivity contribution is 5.77. The van der Waals surface area contributed by atoms with E-state index in [1.54, 1.807) is 6.92 Å². The van der Waals surface area contributed by atoms with E-state index in [1.807, 2.05) is 9.80 Å². The molecule has 0 aliphatic carbocycles. The molecule has 2 heterocycles. The van der Waals surface area contributed by atoms with Gasteiger partial charge in [-0.1, -0.05) is 0 Å². The first-order valence-electron chi connectivity index (χ1n) is 7.53. The fourth-order valence-electron chi connectivity index (χ4n) is 2.99. The molecule has 2 N–H and O–H groups in total. The van der Waals surface area contributed by atoms with Crippen LogP contribution in [0.15, 0.2) is 0 Å². The number of amides is 1. The summed E-state index contributed by atoms with van der Waals surface area (Å²) in [5.41, 5.74) is 0. The van der Waals surface area contributed by atoms with Gasteiger partial charge in [0.1, 0.15) is 6.04 Å². The minimum Gasteiger partial charge on any atom is -0.480 e. The molecule has 6 heteroatoms. The van der Waals surface area contributed by atoms with Crippen molar-refractivity contribution in [1.82, 2.24) is 15.1 Å². The largest absolute Gasteiger partial charge is 0.480 e. The van der Waals surface area contributed by atoms with E-state index >= 15 is 0 Å². The predicted octanol–water partition coefficient (Wildman–Crippen LogP) is -0.00660. The van der Waals surface area contributed by atoms with E-state index in [0.29, 0.717) is 38.5 Å². The molecule has 2 atom stereocenters. The summed E-state index contributed by atoms with van der Waals surface area (Å²) in [6.45, 7) is 6.32. The fourth-order valence-corrected chi connectivity index (χ4v) is 2.99. The zero-order valence-electron chi connectivity index (χ0n) is 12.2. The first-order chi connectivity index (χ1) is 9.58. The third kappa shape index (κ3) is 3.93. The van der Waals surface area contributed by atoms with Crippen molar-refractivity contribution in [3.05, 3.63) is 0 Å². The average Bonchev–Trinajstić information content (AvgIpc) is 2.47. The van der Waals surface area contributed by atoms with Crippen molar-refractivity contribution in [1.29, 1.82) is 0 Å². The Labute approximate surface area is 120 Å². The van der Waals surface area contributed by atoms with Gasteiger partial charge in [0.25, 0.3) is 0 Å². The van der Waals surface area contributed by atoms with Crippen LogP contribution in [0.5, 0.6) is 0 Å². The van der Waals surface area contributed by atoms with E-state index in [1.165, 1.54) is 0 Å². The Morgan fingerprint density at radius 1 is 1.30 bits per heavy atom. The van der Waals surface area contributed by atoms with Crippen LogP contribution in [0.3, 0.4) is 0 Å². The number of piperidine rings is 1. The second kappa shape index (κ2) is 7.04. The molecular weight excluding hydrogens is 258 g/mol. The standard InChI is InChI=1S/C14H25N3O3/c1-11(14(19)20)16-5-7-17(8-6-16)13(18)9-12-3-2-4-15-10-12/h11-12,15H,2-10H2,1H3,(H,19,20). The predicted molar refractivity (Wildman–Crippen MR) is 75.5 cm³/mol. The van der Waals surface area contributed by atoms with Crippen LogP contribution in [-0.2, 0) is 9.59 Å². The average molecular weight is 283 g/mol. The van der Waals surface area contributed by atoms with Gasteiger partial charge in [-0.25, -0.2) is 0 Å². The highest BCUT2D eigenvalue weighted by atomic mass is 16.4.